The zero-order chi connectivity index (χ0) is 9.03. The standard InChI is InChI=1S/C6H9F3N2S/c7-6(8,9)1-2-10-5-11-3-4-12-5/h1-4H2,(H,10,11). The lowest BCUT2D eigenvalue weighted by Gasteiger charge is -2.07. The van der Waals surface area contributed by atoms with E-state index in [0.29, 0.717) is 11.7 Å². The van der Waals surface area contributed by atoms with E-state index in [1.807, 2.05) is 0 Å². The maximum atomic E-state index is 11.6. The van der Waals surface area contributed by atoms with Gasteiger partial charge in [-0.2, -0.15) is 13.2 Å². The Morgan fingerprint density at radius 2 is 2.25 bits per heavy atom. The summed E-state index contributed by atoms with van der Waals surface area (Å²) in [7, 11) is 0. The second-order valence-corrected chi connectivity index (χ2v) is 3.41. The van der Waals surface area contributed by atoms with E-state index in [9.17, 15) is 13.2 Å². The van der Waals surface area contributed by atoms with Gasteiger partial charge in [-0.25, -0.2) is 0 Å². The Morgan fingerprint density at radius 1 is 1.50 bits per heavy atom. The van der Waals surface area contributed by atoms with Crippen LogP contribution in [0, 0.1) is 0 Å². The fraction of sp³-hybridized carbons (Fsp3) is 0.833. The van der Waals surface area contributed by atoms with Crippen molar-refractivity contribution < 1.29 is 13.2 Å². The largest absolute Gasteiger partial charge is 0.390 e. The summed E-state index contributed by atoms with van der Waals surface area (Å²) >= 11 is 1.46. The van der Waals surface area contributed by atoms with Crippen molar-refractivity contribution in [3.8, 4) is 0 Å². The van der Waals surface area contributed by atoms with E-state index >= 15 is 0 Å². The summed E-state index contributed by atoms with van der Waals surface area (Å²) in [4.78, 5) is 3.96. The summed E-state index contributed by atoms with van der Waals surface area (Å²) in [6, 6.07) is 0. The smallest absolute Gasteiger partial charge is 0.365 e. The highest BCUT2D eigenvalue weighted by atomic mass is 32.2. The third kappa shape index (κ3) is 3.85. The fourth-order valence-corrected chi connectivity index (χ4v) is 1.52. The molecular formula is C6H9F3N2S. The highest BCUT2D eigenvalue weighted by Gasteiger charge is 2.26. The molecule has 0 radical (unpaired) electrons. The number of alkyl halides is 3. The van der Waals surface area contributed by atoms with Crippen molar-refractivity contribution >= 4 is 16.9 Å². The second kappa shape index (κ2) is 4.02. The monoisotopic (exact) mass is 198 g/mol. The van der Waals surface area contributed by atoms with Crippen molar-refractivity contribution in [2.24, 2.45) is 4.99 Å². The molecule has 1 rings (SSSR count). The van der Waals surface area contributed by atoms with E-state index in [1.165, 1.54) is 11.8 Å². The Hall–Kier alpha value is -0.390. The van der Waals surface area contributed by atoms with Crippen molar-refractivity contribution in [1.82, 2.24) is 5.32 Å². The molecule has 0 aliphatic carbocycles. The van der Waals surface area contributed by atoms with E-state index in [2.05, 4.69) is 10.3 Å². The molecule has 0 atom stereocenters. The van der Waals surface area contributed by atoms with Gasteiger partial charge in [-0.1, -0.05) is 11.8 Å². The third-order valence-corrected chi connectivity index (χ3v) is 2.20. The Morgan fingerprint density at radius 3 is 2.75 bits per heavy atom. The molecule has 0 fully saturated rings. The molecule has 1 heterocycles. The first-order valence-corrected chi connectivity index (χ1v) is 4.54. The zero-order valence-corrected chi connectivity index (χ0v) is 7.13. The van der Waals surface area contributed by atoms with Crippen molar-refractivity contribution in [1.29, 1.82) is 0 Å². The van der Waals surface area contributed by atoms with Crippen LogP contribution in [0.25, 0.3) is 0 Å². The predicted octanol–water partition coefficient (Wildman–Crippen LogP) is 1.63. The highest BCUT2D eigenvalue weighted by Crippen LogP contribution is 2.18. The van der Waals surface area contributed by atoms with Crippen molar-refractivity contribution in [2.45, 2.75) is 12.6 Å². The van der Waals surface area contributed by atoms with Crippen LogP contribution in [0.15, 0.2) is 4.99 Å². The van der Waals surface area contributed by atoms with Crippen molar-refractivity contribution in [3.63, 3.8) is 0 Å². The first-order valence-electron chi connectivity index (χ1n) is 3.56. The minimum Gasteiger partial charge on any atom is -0.365 e. The van der Waals surface area contributed by atoms with Crippen molar-refractivity contribution in [3.05, 3.63) is 0 Å². The molecule has 0 aromatic rings. The van der Waals surface area contributed by atoms with Crippen LogP contribution in [0.2, 0.25) is 0 Å². The number of nitrogens with zero attached hydrogens (tertiary/aromatic N) is 1. The minimum atomic E-state index is -4.07. The summed E-state index contributed by atoms with van der Waals surface area (Å²) in [5, 5.41) is 3.27. The molecule has 1 aliphatic rings. The van der Waals surface area contributed by atoms with Gasteiger partial charge in [0.05, 0.1) is 13.0 Å². The van der Waals surface area contributed by atoms with Crippen LogP contribution in [0.1, 0.15) is 6.42 Å². The first-order chi connectivity index (χ1) is 5.58. The van der Waals surface area contributed by atoms with Gasteiger partial charge in [0.25, 0.3) is 0 Å². The Bertz CT molecular complexity index is 178. The average Bonchev–Trinajstić information content (AvgIpc) is 2.36. The van der Waals surface area contributed by atoms with Crippen LogP contribution in [-0.2, 0) is 0 Å². The van der Waals surface area contributed by atoms with Crippen molar-refractivity contribution in [2.75, 3.05) is 18.8 Å². The van der Waals surface area contributed by atoms with E-state index in [4.69, 9.17) is 0 Å². The van der Waals surface area contributed by atoms with E-state index in [0.717, 1.165) is 5.75 Å². The molecule has 0 aromatic carbocycles. The summed E-state index contributed by atoms with van der Waals surface area (Å²) in [5.41, 5.74) is 0. The summed E-state index contributed by atoms with van der Waals surface area (Å²) < 4.78 is 34.9. The van der Waals surface area contributed by atoms with Gasteiger partial charge in [0.2, 0.25) is 0 Å². The van der Waals surface area contributed by atoms with Crippen LogP contribution >= 0.6 is 11.8 Å². The SMILES string of the molecule is FC(F)(F)CCNC1=NCCS1. The molecule has 0 unspecified atom stereocenters. The molecule has 0 saturated carbocycles. The van der Waals surface area contributed by atoms with Gasteiger partial charge < -0.3 is 5.32 Å². The number of amidine groups is 1. The summed E-state index contributed by atoms with van der Waals surface area (Å²) in [5.74, 6) is 0.869. The van der Waals surface area contributed by atoms with E-state index < -0.39 is 12.6 Å². The Labute approximate surface area is 72.6 Å². The van der Waals surface area contributed by atoms with Gasteiger partial charge in [0, 0.05) is 12.3 Å². The quantitative estimate of drug-likeness (QED) is 0.729. The maximum Gasteiger partial charge on any atom is 0.390 e. The van der Waals surface area contributed by atoms with Crippen LogP contribution < -0.4 is 5.32 Å². The van der Waals surface area contributed by atoms with Crippen LogP contribution in [0.5, 0.6) is 0 Å². The molecule has 12 heavy (non-hydrogen) atoms. The van der Waals surface area contributed by atoms with Crippen LogP contribution in [0.3, 0.4) is 0 Å². The Kier molecular flexibility index (Phi) is 3.25. The lowest BCUT2D eigenvalue weighted by atomic mass is 10.4. The highest BCUT2D eigenvalue weighted by molar-refractivity contribution is 8.14. The molecule has 0 amide bonds. The number of nitrogens with one attached hydrogen (secondary N) is 1. The van der Waals surface area contributed by atoms with Gasteiger partial charge in [0.15, 0.2) is 5.17 Å². The molecule has 0 aromatic heterocycles. The lowest BCUT2D eigenvalue weighted by Crippen LogP contribution is -2.24. The molecule has 70 valence electrons. The maximum absolute atomic E-state index is 11.6. The normalized spacial score (nSPS) is 17.8. The number of hydrogen-bond donors (Lipinski definition) is 1. The molecule has 1 aliphatic heterocycles. The molecule has 1 N–H and O–H groups in total. The number of hydrogen-bond acceptors (Lipinski definition) is 3. The minimum absolute atomic E-state index is 0.0741. The molecular weight excluding hydrogens is 189 g/mol. The third-order valence-electron chi connectivity index (χ3n) is 1.27. The summed E-state index contributed by atoms with van der Waals surface area (Å²) in [6.07, 6.45) is -4.87. The van der Waals surface area contributed by atoms with Gasteiger partial charge in [-0.3, -0.25) is 4.99 Å². The molecule has 0 saturated heterocycles. The van der Waals surface area contributed by atoms with Gasteiger partial charge in [-0.15, -0.1) is 0 Å². The molecule has 2 nitrogen and oxygen atoms in total. The molecule has 0 bridgehead atoms. The predicted molar refractivity (Wildman–Crippen MR) is 43.4 cm³/mol. The number of halogens is 3. The van der Waals surface area contributed by atoms with E-state index in [1.54, 1.807) is 0 Å². The Balaban J connectivity index is 2.10. The van der Waals surface area contributed by atoms with Gasteiger partial charge >= 0.3 is 6.18 Å². The van der Waals surface area contributed by atoms with Crippen LogP contribution in [0.4, 0.5) is 13.2 Å². The second-order valence-electron chi connectivity index (χ2n) is 2.33. The van der Waals surface area contributed by atoms with Gasteiger partial charge in [0.1, 0.15) is 0 Å². The fourth-order valence-electron chi connectivity index (χ4n) is 0.753. The van der Waals surface area contributed by atoms with Gasteiger partial charge in [-0.05, 0) is 0 Å². The average molecular weight is 198 g/mol. The topological polar surface area (TPSA) is 24.4 Å². The van der Waals surface area contributed by atoms with E-state index in [-0.39, 0.29) is 6.54 Å². The van der Waals surface area contributed by atoms with Crippen LogP contribution in [-0.4, -0.2) is 30.2 Å². The first kappa shape index (κ1) is 9.70. The zero-order valence-electron chi connectivity index (χ0n) is 6.32. The number of aliphatic imine (C=N–C) groups is 1. The number of thioether (sulfide) groups is 1. The molecule has 0 spiro atoms. The summed E-state index contributed by atoms with van der Waals surface area (Å²) in [6.45, 7) is 0.633. The molecule has 6 heteroatoms. The number of rotatable bonds is 2. The lowest BCUT2D eigenvalue weighted by molar-refractivity contribution is -0.132.